The molecule has 0 spiro atoms. The monoisotopic (exact) mass is 297 g/mol. The number of thioether (sulfide) groups is 1. The van der Waals surface area contributed by atoms with Crippen molar-refractivity contribution >= 4 is 11.8 Å². The van der Waals surface area contributed by atoms with Gasteiger partial charge in [0.1, 0.15) is 0 Å². The van der Waals surface area contributed by atoms with Crippen LogP contribution in [0.5, 0.6) is 0 Å². The number of ether oxygens (including phenoxy) is 1. The summed E-state index contributed by atoms with van der Waals surface area (Å²) in [5.74, 6) is 1.62. The van der Waals surface area contributed by atoms with Crippen molar-refractivity contribution in [3.63, 3.8) is 0 Å². The van der Waals surface area contributed by atoms with Crippen LogP contribution in [0.15, 0.2) is 14.5 Å². The highest BCUT2D eigenvalue weighted by molar-refractivity contribution is 7.98. The molecular weight excluding hydrogens is 282 g/mol. The van der Waals surface area contributed by atoms with Crippen molar-refractivity contribution in [2.45, 2.75) is 43.3 Å². The van der Waals surface area contributed by atoms with Gasteiger partial charge < -0.3 is 9.26 Å². The van der Waals surface area contributed by atoms with Crippen molar-refractivity contribution in [3.05, 3.63) is 22.2 Å². The Bertz CT molecular complexity index is 628. The molecule has 0 aromatic carbocycles. The van der Waals surface area contributed by atoms with E-state index in [0.29, 0.717) is 29.2 Å². The average Bonchev–Trinajstić information content (AvgIpc) is 3.13. The molecule has 0 saturated carbocycles. The van der Waals surface area contributed by atoms with E-state index in [9.17, 15) is 4.79 Å². The summed E-state index contributed by atoms with van der Waals surface area (Å²) in [4.78, 5) is 15.9. The number of aromatic amines is 1. The van der Waals surface area contributed by atoms with Crippen LogP contribution in [0, 0.1) is 6.92 Å². The first-order valence-corrected chi connectivity index (χ1v) is 7.40. The second-order valence-electron chi connectivity index (χ2n) is 4.58. The van der Waals surface area contributed by atoms with Crippen molar-refractivity contribution < 1.29 is 9.26 Å². The molecule has 1 saturated heterocycles. The summed E-state index contributed by atoms with van der Waals surface area (Å²) in [6.45, 7) is 3.04. The SMILES string of the molecule is Cc1nc(CSc2n[nH]c(=O)n2CC2CCCO2)no1. The molecule has 0 amide bonds. The van der Waals surface area contributed by atoms with Crippen LogP contribution in [0.1, 0.15) is 24.6 Å². The Morgan fingerprint density at radius 2 is 2.45 bits per heavy atom. The number of aromatic nitrogens is 5. The number of nitrogens with one attached hydrogen (secondary N) is 1. The molecule has 3 heterocycles. The number of hydrogen-bond acceptors (Lipinski definition) is 7. The second-order valence-corrected chi connectivity index (χ2v) is 5.52. The van der Waals surface area contributed by atoms with E-state index in [1.807, 2.05) is 0 Å². The van der Waals surface area contributed by atoms with Gasteiger partial charge in [0.15, 0.2) is 11.0 Å². The lowest BCUT2D eigenvalue weighted by molar-refractivity contribution is 0.0941. The highest BCUT2D eigenvalue weighted by Gasteiger charge is 2.20. The number of nitrogens with zero attached hydrogens (tertiary/aromatic N) is 4. The number of hydrogen-bond donors (Lipinski definition) is 1. The molecule has 1 N–H and O–H groups in total. The standard InChI is InChI=1S/C11H15N5O3S/c1-7-12-9(15-19-7)6-20-11-14-13-10(17)16(11)5-8-3-2-4-18-8/h8H,2-6H2,1H3,(H,13,17). The van der Waals surface area contributed by atoms with Crippen molar-refractivity contribution in [1.82, 2.24) is 24.9 Å². The summed E-state index contributed by atoms with van der Waals surface area (Å²) in [6.07, 6.45) is 2.12. The Morgan fingerprint density at radius 1 is 1.55 bits per heavy atom. The quantitative estimate of drug-likeness (QED) is 0.812. The van der Waals surface area contributed by atoms with E-state index in [2.05, 4.69) is 20.3 Å². The van der Waals surface area contributed by atoms with Crippen LogP contribution in [0.2, 0.25) is 0 Å². The number of rotatable bonds is 5. The maximum absolute atomic E-state index is 11.8. The van der Waals surface area contributed by atoms with E-state index in [0.717, 1.165) is 19.4 Å². The maximum atomic E-state index is 11.8. The van der Waals surface area contributed by atoms with Gasteiger partial charge in [-0.3, -0.25) is 4.57 Å². The zero-order chi connectivity index (χ0) is 13.9. The van der Waals surface area contributed by atoms with E-state index < -0.39 is 0 Å². The minimum absolute atomic E-state index is 0.0945. The van der Waals surface area contributed by atoms with Gasteiger partial charge in [-0.25, -0.2) is 9.89 Å². The Labute approximate surface area is 118 Å². The highest BCUT2D eigenvalue weighted by atomic mass is 32.2. The van der Waals surface area contributed by atoms with Gasteiger partial charge in [-0.2, -0.15) is 4.98 Å². The van der Waals surface area contributed by atoms with Crippen molar-refractivity contribution in [1.29, 1.82) is 0 Å². The summed E-state index contributed by atoms with van der Waals surface area (Å²) < 4.78 is 12.1. The lowest BCUT2D eigenvalue weighted by atomic mass is 10.2. The van der Waals surface area contributed by atoms with Gasteiger partial charge in [-0.1, -0.05) is 16.9 Å². The predicted molar refractivity (Wildman–Crippen MR) is 70.4 cm³/mol. The molecule has 0 bridgehead atoms. The highest BCUT2D eigenvalue weighted by Crippen LogP contribution is 2.20. The molecule has 2 aromatic rings. The van der Waals surface area contributed by atoms with E-state index in [-0.39, 0.29) is 11.8 Å². The lowest BCUT2D eigenvalue weighted by Gasteiger charge is -2.10. The molecule has 8 nitrogen and oxygen atoms in total. The van der Waals surface area contributed by atoms with Crippen molar-refractivity contribution in [2.75, 3.05) is 6.61 Å². The van der Waals surface area contributed by atoms with Gasteiger partial charge in [-0.15, -0.1) is 5.10 Å². The fourth-order valence-electron chi connectivity index (χ4n) is 2.10. The van der Waals surface area contributed by atoms with Crippen molar-refractivity contribution in [2.24, 2.45) is 0 Å². The number of H-pyrrole nitrogens is 1. The average molecular weight is 297 g/mol. The lowest BCUT2D eigenvalue weighted by Crippen LogP contribution is -2.24. The molecule has 1 unspecified atom stereocenters. The first-order chi connectivity index (χ1) is 9.72. The first kappa shape index (κ1) is 13.4. The predicted octanol–water partition coefficient (Wildman–Crippen LogP) is 0.734. The zero-order valence-electron chi connectivity index (χ0n) is 11.0. The number of aryl methyl sites for hydroxylation is 1. The summed E-state index contributed by atoms with van der Waals surface area (Å²) in [7, 11) is 0. The minimum atomic E-state index is -0.215. The molecule has 3 rings (SSSR count). The Hall–Kier alpha value is -1.61. The van der Waals surface area contributed by atoms with Gasteiger partial charge in [0.05, 0.1) is 18.4 Å². The maximum Gasteiger partial charge on any atom is 0.344 e. The Balaban J connectivity index is 1.68. The smallest absolute Gasteiger partial charge is 0.344 e. The molecule has 1 aliphatic heterocycles. The topological polar surface area (TPSA) is 98.8 Å². The summed E-state index contributed by atoms with van der Waals surface area (Å²) in [5, 5.41) is 10.9. The molecule has 108 valence electrons. The van der Waals surface area contributed by atoms with E-state index in [4.69, 9.17) is 9.26 Å². The zero-order valence-corrected chi connectivity index (χ0v) is 11.9. The first-order valence-electron chi connectivity index (χ1n) is 6.41. The molecule has 1 aliphatic rings. The molecule has 0 radical (unpaired) electrons. The van der Waals surface area contributed by atoms with Gasteiger partial charge in [-0.05, 0) is 12.8 Å². The van der Waals surface area contributed by atoms with Gasteiger partial charge in [0.2, 0.25) is 5.89 Å². The van der Waals surface area contributed by atoms with E-state index in [1.54, 1.807) is 11.5 Å². The fraction of sp³-hybridized carbons (Fsp3) is 0.636. The van der Waals surface area contributed by atoms with E-state index >= 15 is 0 Å². The Morgan fingerprint density at radius 3 is 3.15 bits per heavy atom. The second kappa shape index (κ2) is 5.80. The molecule has 2 aromatic heterocycles. The molecule has 1 fully saturated rings. The van der Waals surface area contributed by atoms with E-state index in [1.165, 1.54) is 11.8 Å². The van der Waals surface area contributed by atoms with Crippen LogP contribution < -0.4 is 5.69 Å². The molecule has 9 heteroatoms. The van der Waals surface area contributed by atoms with Gasteiger partial charge in [0.25, 0.3) is 0 Å². The fourth-order valence-corrected chi connectivity index (χ4v) is 2.89. The molecule has 0 aliphatic carbocycles. The van der Waals surface area contributed by atoms with Crippen LogP contribution in [0.3, 0.4) is 0 Å². The normalized spacial score (nSPS) is 18.8. The summed E-state index contributed by atoms with van der Waals surface area (Å²) in [5.41, 5.74) is -0.215. The van der Waals surface area contributed by atoms with Crippen LogP contribution in [0.4, 0.5) is 0 Å². The summed E-state index contributed by atoms with van der Waals surface area (Å²) in [6, 6.07) is 0. The third-order valence-corrected chi connectivity index (χ3v) is 4.01. The van der Waals surface area contributed by atoms with Crippen molar-refractivity contribution in [3.8, 4) is 0 Å². The third kappa shape index (κ3) is 2.93. The largest absolute Gasteiger partial charge is 0.376 e. The van der Waals surface area contributed by atoms with Gasteiger partial charge in [0, 0.05) is 13.5 Å². The molecular formula is C11H15N5O3S. The van der Waals surface area contributed by atoms with Crippen LogP contribution in [-0.2, 0) is 17.0 Å². The third-order valence-electron chi connectivity index (χ3n) is 3.03. The van der Waals surface area contributed by atoms with Gasteiger partial charge >= 0.3 is 5.69 Å². The Kier molecular flexibility index (Phi) is 3.88. The van der Waals surface area contributed by atoms with Crippen LogP contribution in [0.25, 0.3) is 0 Å². The summed E-state index contributed by atoms with van der Waals surface area (Å²) >= 11 is 1.40. The van der Waals surface area contributed by atoms with Crippen LogP contribution >= 0.6 is 11.8 Å². The molecule has 20 heavy (non-hydrogen) atoms. The van der Waals surface area contributed by atoms with Crippen LogP contribution in [-0.4, -0.2) is 37.6 Å². The minimum Gasteiger partial charge on any atom is -0.376 e. The molecule has 1 atom stereocenters.